The number of nitrogens with zero attached hydrogens (tertiary/aromatic N) is 3. The van der Waals surface area contributed by atoms with Gasteiger partial charge in [0.05, 0.1) is 18.1 Å². The average Bonchev–Trinajstić information content (AvgIpc) is 2.37. The maximum absolute atomic E-state index is 5.90. The SMILES string of the molecule is CCc1cc(N2CC(C)OC(CCl)C2)nc(C)n1. The van der Waals surface area contributed by atoms with Crippen LogP contribution in [-0.2, 0) is 11.2 Å². The molecule has 0 aromatic carbocycles. The molecule has 4 nitrogen and oxygen atoms in total. The molecule has 2 heterocycles. The number of alkyl halides is 1. The summed E-state index contributed by atoms with van der Waals surface area (Å²) in [4.78, 5) is 11.2. The van der Waals surface area contributed by atoms with Crippen LogP contribution >= 0.6 is 11.6 Å². The number of rotatable bonds is 3. The van der Waals surface area contributed by atoms with E-state index in [0.29, 0.717) is 5.88 Å². The van der Waals surface area contributed by atoms with Gasteiger partial charge in [0.2, 0.25) is 0 Å². The van der Waals surface area contributed by atoms with Gasteiger partial charge in [-0.05, 0) is 20.3 Å². The van der Waals surface area contributed by atoms with Gasteiger partial charge in [-0.1, -0.05) is 6.92 Å². The number of anilines is 1. The van der Waals surface area contributed by atoms with Crippen molar-refractivity contribution in [2.24, 2.45) is 0 Å². The van der Waals surface area contributed by atoms with Crippen LogP contribution in [0.1, 0.15) is 25.4 Å². The van der Waals surface area contributed by atoms with Gasteiger partial charge in [-0.3, -0.25) is 0 Å². The van der Waals surface area contributed by atoms with Gasteiger partial charge < -0.3 is 9.64 Å². The van der Waals surface area contributed by atoms with E-state index >= 15 is 0 Å². The first-order valence-electron chi connectivity index (χ1n) is 6.43. The molecule has 1 aromatic rings. The molecule has 1 aliphatic rings. The van der Waals surface area contributed by atoms with Gasteiger partial charge in [0.15, 0.2) is 0 Å². The second-order valence-electron chi connectivity index (χ2n) is 4.75. The van der Waals surface area contributed by atoms with Crippen LogP contribution in [0.4, 0.5) is 5.82 Å². The molecule has 0 bridgehead atoms. The van der Waals surface area contributed by atoms with E-state index in [1.807, 2.05) is 6.92 Å². The van der Waals surface area contributed by atoms with E-state index in [9.17, 15) is 0 Å². The molecule has 0 amide bonds. The molecular formula is C13H20ClN3O. The minimum atomic E-state index is 0.0794. The lowest BCUT2D eigenvalue weighted by molar-refractivity contribution is -0.00359. The fourth-order valence-corrected chi connectivity index (χ4v) is 2.44. The van der Waals surface area contributed by atoms with Crippen molar-refractivity contribution in [1.29, 1.82) is 0 Å². The van der Waals surface area contributed by atoms with E-state index in [1.54, 1.807) is 0 Å². The zero-order valence-electron chi connectivity index (χ0n) is 11.2. The third kappa shape index (κ3) is 3.12. The molecule has 18 heavy (non-hydrogen) atoms. The quantitative estimate of drug-likeness (QED) is 0.789. The van der Waals surface area contributed by atoms with Gasteiger partial charge in [0, 0.05) is 24.8 Å². The summed E-state index contributed by atoms with van der Waals surface area (Å²) in [5, 5.41) is 0. The smallest absolute Gasteiger partial charge is 0.132 e. The summed E-state index contributed by atoms with van der Waals surface area (Å²) in [6.07, 6.45) is 1.19. The topological polar surface area (TPSA) is 38.2 Å². The van der Waals surface area contributed by atoms with Crippen molar-refractivity contribution in [3.05, 3.63) is 17.6 Å². The van der Waals surface area contributed by atoms with Gasteiger partial charge in [0.1, 0.15) is 11.6 Å². The Morgan fingerprint density at radius 3 is 2.89 bits per heavy atom. The molecule has 2 atom stereocenters. The molecule has 0 N–H and O–H groups in total. The summed E-state index contributed by atoms with van der Waals surface area (Å²) >= 11 is 5.90. The Balaban J connectivity index is 2.21. The van der Waals surface area contributed by atoms with Crippen LogP contribution in [0.25, 0.3) is 0 Å². The first-order chi connectivity index (χ1) is 8.62. The molecule has 2 unspecified atom stereocenters. The summed E-state index contributed by atoms with van der Waals surface area (Å²) in [5.74, 6) is 2.33. The molecule has 1 aromatic heterocycles. The maximum atomic E-state index is 5.90. The number of halogens is 1. The summed E-state index contributed by atoms with van der Waals surface area (Å²) in [6, 6.07) is 2.07. The average molecular weight is 270 g/mol. The third-order valence-corrected chi connectivity index (χ3v) is 3.41. The normalized spacial score (nSPS) is 24.3. The lowest BCUT2D eigenvalue weighted by atomic mass is 10.2. The largest absolute Gasteiger partial charge is 0.370 e. The standard InChI is InChI=1S/C13H20ClN3O/c1-4-11-5-13(16-10(3)15-11)17-7-9(2)18-12(6-14)8-17/h5,9,12H,4,6-8H2,1-3H3. The number of aryl methyl sites for hydroxylation is 2. The number of aromatic nitrogens is 2. The molecular weight excluding hydrogens is 250 g/mol. The first-order valence-corrected chi connectivity index (χ1v) is 6.96. The molecule has 1 saturated heterocycles. The van der Waals surface area contributed by atoms with E-state index in [1.165, 1.54) is 0 Å². The highest BCUT2D eigenvalue weighted by molar-refractivity contribution is 6.18. The number of ether oxygens (including phenoxy) is 1. The van der Waals surface area contributed by atoms with E-state index in [-0.39, 0.29) is 12.2 Å². The Hall–Kier alpha value is -0.870. The van der Waals surface area contributed by atoms with Crippen LogP contribution in [0.15, 0.2) is 6.07 Å². The third-order valence-electron chi connectivity index (χ3n) is 3.06. The van der Waals surface area contributed by atoms with E-state index in [4.69, 9.17) is 16.3 Å². The number of morpholine rings is 1. The predicted octanol–water partition coefficient (Wildman–Crippen LogP) is 2.18. The van der Waals surface area contributed by atoms with Gasteiger partial charge in [-0.2, -0.15) is 0 Å². The van der Waals surface area contributed by atoms with Gasteiger partial charge in [0.25, 0.3) is 0 Å². The van der Waals surface area contributed by atoms with Crippen molar-refractivity contribution >= 4 is 17.4 Å². The Labute approximate surface area is 113 Å². The van der Waals surface area contributed by atoms with Gasteiger partial charge in [-0.25, -0.2) is 9.97 Å². The van der Waals surface area contributed by atoms with E-state index in [2.05, 4.69) is 34.8 Å². The second kappa shape index (κ2) is 5.85. The summed E-state index contributed by atoms with van der Waals surface area (Å²) < 4.78 is 5.76. The number of hydrogen-bond donors (Lipinski definition) is 0. The zero-order valence-corrected chi connectivity index (χ0v) is 11.9. The maximum Gasteiger partial charge on any atom is 0.132 e. The van der Waals surface area contributed by atoms with Crippen LogP contribution < -0.4 is 4.90 Å². The lowest BCUT2D eigenvalue weighted by Gasteiger charge is -2.36. The Morgan fingerprint density at radius 1 is 1.44 bits per heavy atom. The van der Waals surface area contributed by atoms with E-state index in [0.717, 1.165) is 36.8 Å². The minimum absolute atomic E-state index is 0.0794. The summed E-state index contributed by atoms with van der Waals surface area (Å²) in [7, 11) is 0. The fourth-order valence-electron chi connectivity index (χ4n) is 2.27. The van der Waals surface area contributed by atoms with Crippen molar-refractivity contribution in [2.45, 2.75) is 39.4 Å². The minimum Gasteiger partial charge on any atom is -0.370 e. The highest BCUT2D eigenvalue weighted by Crippen LogP contribution is 2.20. The Kier molecular flexibility index (Phi) is 4.40. The van der Waals surface area contributed by atoms with Crippen LogP contribution in [-0.4, -0.2) is 41.1 Å². The Morgan fingerprint density at radius 2 is 2.22 bits per heavy atom. The monoisotopic (exact) mass is 269 g/mol. The summed E-state index contributed by atoms with van der Waals surface area (Å²) in [6.45, 7) is 7.77. The van der Waals surface area contributed by atoms with Crippen molar-refractivity contribution in [3.8, 4) is 0 Å². The van der Waals surface area contributed by atoms with Crippen LogP contribution in [0.5, 0.6) is 0 Å². The van der Waals surface area contributed by atoms with Gasteiger partial charge >= 0.3 is 0 Å². The molecule has 100 valence electrons. The van der Waals surface area contributed by atoms with Crippen LogP contribution in [0.3, 0.4) is 0 Å². The molecule has 1 aliphatic heterocycles. The summed E-state index contributed by atoms with van der Waals surface area (Å²) in [5.41, 5.74) is 1.08. The van der Waals surface area contributed by atoms with Crippen LogP contribution in [0.2, 0.25) is 0 Å². The highest BCUT2D eigenvalue weighted by atomic mass is 35.5. The number of hydrogen-bond acceptors (Lipinski definition) is 4. The van der Waals surface area contributed by atoms with Crippen molar-refractivity contribution < 1.29 is 4.74 Å². The van der Waals surface area contributed by atoms with Crippen molar-refractivity contribution in [2.75, 3.05) is 23.9 Å². The van der Waals surface area contributed by atoms with Crippen molar-refractivity contribution in [1.82, 2.24) is 9.97 Å². The highest BCUT2D eigenvalue weighted by Gasteiger charge is 2.25. The Bertz CT molecular complexity index is 413. The first kappa shape index (κ1) is 13.6. The van der Waals surface area contributed by atoms with Gasteiger partial charge in [-0.15, -0.1) is 11.6 Å². The van der Waals surface area contributed by atoms with E-state index < -0.39 is 0 Å². The zero-order chi connectivity index (χ0) is 13.1. The fraction of sp³-hybridized carbons (Fsp3) is 0.692. The molecule has 5 heteroatoms. The molecule has 0 radical (unpaired) electrons. The second-order valence-corrected chi connectivity index (χ2v) is 5.05. The lowest BCUT2D eigenvalue weighted by Crippen LogP contribution is -2.47. The predicted molar refractivity (Wildman–Crippen MR) is 73.4 cm³/mol. The molecule has 0 spiro atoms. The molecule has 2 rings (SSSR count). The molecule has 0 saturated carbocycles. The molecule has 1 fully saturated rings. The molecule has 0 aliphatic carbocycles. The van der Waals surface area contributed by atoms with Crippen molar-refractivity contribution in [3.63, 3.8) is 0 Å². The van der Waals surface area contributed by atoms with Crippen LogP contribution in [0, 0.1) is 6.92 Å².